The lowest BCUT2D eigenvalue weighted by Gasteiger charge is -2.18. The fraction of sp³-hybridized carbons (Fsp3) is 0.0500. The molecule has 0 aromatic heterocycles. The lowest BCUT2D eigenvalue weighted by atomic mass is 9.86. The van der Waals surface area contributed by atoms with Gasteiger partial charge in [-0.25, -0.2) is 0 Å². The normalized spacial score (nSPS) is 10.7. The van der Waals surface area contributed by atoms with Crippen LogP contribution in [-0.4, -0.2) is 0 Å². The molecule has 0 amide bonds. The van der Waals surface area contributed by atoms with Crippen molar-refractivity contribution in [2.45, 2.75) is 5.92 Å². The molecule has 0 aliphatic carbocycles. The van der Waals surface area contributed by atoms with Crippen LogP contribution in [-0.2, 0) is 0 Å². The maximum absolute atomic E-state index is 2.32. The van der Waals surface area contributed by atoms with Crippen LogP contribution in [0.3, 0.4) is 0 Å². The smallest absolute Gasteiger partial charge is 0.0164 e. The van der Waals surface area contributed by atoms with Crippen LogP contribution in [0.5, 0.6) is 0 Å². The molecule has 1 radical (unpaired) electrons. The van der Waals surface area contributed by atoms with Gasteiger partial charge in [0.1, 0.15) is 0 Å². The first kappa shape index (κ1) is 12.7. The Kier molecular flexibility index (Phi) is 3.93. The van der Waals surface area contributed by atoms with Gasteiger partial charge in [-0.3, -0.25) is 0 Å². The minimum Gasteiger partial charge on any atom is -0.0622 e. The molecule has 0 heteroatoms. The quantitative estimate of drug-likeness (QED) is 0.612. The van der Waals surface area contributed by atoms with Crippen molar-refractivity contribution < 1.29 is 0 Å². The second kappa shape index (κ2) is 6.21. The first-order valence-corrected chi connectivity index (χ1v) is 6.93. The molecule has 20 heavy (non-hydrogen) atoms. The van der Waals surface area contributed by atoms with Crippen LogP contribution in [0.2, 0.25) is 0 Å². The Labute approximate surface area is 120 Å². The van der Waals surface area contributed by atoms with E-state index in [2.05, 4.69) is 97.4 Å². The largest absolute Gasteiger partial charge is 0.0622 e. The molecule has 97 valence electrons. The zero-order chi connectivity index (χ0) is 13.6. The van der Waals surface area contributed by atoms with Crippen LogP contribution in [0.1, 0.15) is 22.6 Å². The summed E-state index contributed by atoms with van der Waals surface area (Å²) in [5, 5.41) is 0. The van der Waals surface area contributed by atoms with Gasteiger partial charge in [0.05, 0.1) is 0 Å². The summed E-state index contributed by atoms with van der Waals surface area (Å²) in [7, 11) is 0. The summed E-state index contributed by atoms with van der Waals surface area (Å²) in [6.45, 7) is 0. The van der Waals surface area contributed by atoms with Gasteiger partial charge in [0.25, 0.3) is 0 Å². The van der Waals surface area contributed by atoms with Gasteiger partial charge in [-0.15, -0.1) is 0 Å². The van der Waals surface area contributed by atoms with Gasteiger partial charge >= 0.3 is 0 Å². The van der Waals surface area contributed by atoms with Gasteiger partial charge in [0.2, 0.25) is 0 Å². The monoisotopic (exact) mass is 257 g/mol. The number of hydrogen-bond donors (Lipinski definition) is 0. The summed E-state index contributed by atoms with van der Waals surface area (Å²) in [5.74, 6) is 0.291. The molecule has 0 nitrogen and oxygen atoms in total. The summed E-state index contributed by atoms with van der Waals surface area (Å²) < 4.78 is 0. The molecular weight excluding hydrogens is 240 g/mol. The van der Waals surface area contributed by atoms with Crippen molar-refractivity contribution in [3.8, 4) is 0 Å². The predicted octanol–water partition coefficient (Wildman–Crippen LogP) is 5.07. The third kappa shape index (κ3) is 2.97. The number of hydrogen-bond acceptors (Lipinski definition) is 0. The van der Waals surface area contributed by atoms with Gasteiger partial charge < -0.3 is 0 Å². The Morgan fingerprint density at radius 2 is 0.900 bits per heavy atom. The molecule has 0 bridgehead atoms. The average molecular weight is 257 g/mol. The Hall–Kier alpha value is -2.34. The van der Waals surface area contributed by atoms with Crippen LogP contribution < -0.4 is 0 Å². The number of rotatable bonds is 4. The van der Waals surface area contributed by atoms with Gasteiger partial charge in [0, 0.05) is 12.3 Å². The summed E-state index contributed by atoms with van der Waals surface area (Å²) in [6, 6.07) is 31.8. The molecule has 0 saturated heterocycles. The summed E-state index contributed by atoms with van der Waals surface area (Å²) in [4.78, 5) is 0. The molecule has 0 aliphatic heterocycles. The molecule has 3 rings (SSSR count). The van der Waals surface area contributed by atoms with Gasteiger partial charge in [-0.05, 0) is 16.7 Å². The Balaban J connectivity index is 1.96. The van der Waals surface area contributed by atoms with Crippen molar-refractivity contribution in [2.75, 3.05) is 0 Å². The van der Waals surface area contributed by atoms with E-state index in [0.29, 0.717) is 5.92 Å². The van der Waals surface area contributed by atoms with E-state index in [1.54, 1.807) is 0 Å². The fourth-order valence-electron chi connectivity index (χ4n) is 2.46. The minimum atomic E-state index is 0.291. The molecule has 0 fully saturated rings. The van der Waals surface area contributed by atoms with Crippen molar-refractivity contribution in [3.05, 3.63) is 114 Å². The molecule has 0 heterocycles. The third-order valence-corrected chi connectivity index (χ3v) is 3.48. The lowest BCUT2D eigenvalue weighted by molar-refractivity contribution is 0.959. The highest BCUT2D eigenvalue weighted by Gasteiger charge is 2.14. The van der Waals surface area contributed by atoms with Gasteiger partial charge in [-0.2, -0.15) is 0 Å². The molecule has 0 aliphatic rings. The van der Waals surface area contributed by atoms with Crippen molar-refractivity contribution >= 4 is 0 Å². The molecule has 3 aromatic carbocycles. The first-order valence-electron chi connectivity index (χ1n) is 6.93. The fourth-order valence-corrected chi connectivity index (χ4v) is 2.46. The van der Waals surface area contributed by atoms with Crippen molar-refractivity contribution in [3.63, 3.8) is 0 Å². The number of benzene rings is 3. The third-order valence-electron chi connectivity index (χ3n) is 3.48. The van der Waals surface area contributed by atoms with Crippen molar-refractivity contribution in [2.24, 2.45) is 0 Å². The highest BCUT2D eigenvalue weighted by atomic mass is 14.2. The van der Waals surface area contributed by atoms with E-state index in [0.717, 1.165) is 0 Å². The highest BCUT2D eigenvalue weighted by Crippen LogP contribution is 2.29. The topological polar surface area (TPSA) is 0 Å². The molecule has 3 aromatic rings. The summed E-state index contributed by atoms with van der Waals surface area (Å²) in [5.41, 5.74) is 3.90. The molecular formula is C20H17. The average Bonchev–Trinajstić information content (AvgIpc) is 2.55. The molecule has 0 unspecified atom stereocenters. The van der Waals surface area contributed by atoms with E-state index in [1.807, 2.05) is 0 Å². The molecule has 0 spiro atoms. The predicted molar refractivity (Wildman–Crippen MR) is 84.6 cm³/mol. The summed E-state index contributed by atoms with van der Waals surface area (Å²) in [6.07, 6.45) is 2.32. The maximum Gasteiger partial charge on any atom is 0.0164 e. The van der Waals surface area contributed by atoms with E-state index in [-0.39, 0.29) is 0 Å². The van der Waals surface area contributed by atoms with Gasteiger partial charge in [0.15, 0.2) is 0 Å². The maximum atomic E-state index is 2.32. The van der Waals surface area contributed by atoms with E-state index < -0.39 is 0 Å². The second-order valence-corrected chi connectivity index (χ2v) is 4.88. The zero-order valence-electron chi connectivity index (χ0n) is 11.3. The minimum absolute atomic E-state index is 0.291. The summed E-state index contributed by atoms with van der Waals surface area (Å²) >= 11 is 0. The van der Waals surface area contributed by atoms with Crippen LogP contribution in [0.4, 0.5) is 0 Å². The van der Waals surface area contributed by atoms with Crippen LogP contribution in [0.15, 0.2) is 91.0 Å². The molecule has 0 N–H and O–H groups in total. The van der Waals surface area contributed by atoms with Crippen LogP contribution >= 0.6 is 0 Å². The standard InChI is InChI=1S/C20H17/c1-4-10-17(11-5-1)16-20(18-12-6-2-7-13-18)19-14-8-3-9-15-19/h1-16,20H. The molecule has 0 atom stereocenters. The molecule has 0 saturated carbocycles. The Morgan fingerprint density at radius 3 is 1.35 bits per heavy atom. The lowest BCUT2D eigenvalue weighted by Crippen LogP contribution is -2.02. The van der Waals surface area contributed by atoms with E-state index in [9.17, 15) is 0 Å². The van der Waals surface area contributed by atoms with E-state index >= 15 is 0 Å². The second-order valence-electron chi connectivity index (χ2n) is 4.88. The van der Waals surface area contributed by atoms with E-state index in [4.69, 9.17) is 0 Å². The van der Waals surface area contributed by atoms with Crippen LogP contribution in [0.25, 0.3) is 0 Å². The first-order chi connectivity index (χ1) is 9.93. The van der Waals surface area contributed by atoms with Gasteiger partial charge in [-0.1, -0.05) is 91.0 Å². The van der Waals surface area contributed by atoms with Crippen molar-refractivity contribution in [1.29, 1.82) is 0 Å². The Bertz CT molecular complexity index is 587. The van der Waals surface area contributed by atoms with E-state index in [1.165, 1.54) is 16.7 Å². The van der Waals surface area contributed by atoms with Crippen LogP contribution in [0, 0.1) is 6.42 Å². The van der Waals surface area contributed by atoms with Crippen molar-refractivity contribution in [1.82, 2.24) is 0 Å². The zero-order valence-corrected chi connectivity index (χ0v) is 11.3. The Morgan fingerprint density at radius 1 is 0.500 bits per heavy atom. The highest BCUT2D eigenvalue weighted by molar-refractivity contribution is 5.40. The SMILES string of the molecule is [CH](c1ccccc1)C(c1ccccc1)c1ccccc1.